The zero-order valence-corrected chi connectivity index (χ0v) is 19.7. The fourth-order valence-electron chi connectivity index (χ4n) is 3.20. The molecule has 1 amide bonds. The summed E-state index contributed by atoms with van der Waals surface area (Å²) in [7, 11) is 0. The molecule has 0 unspecified atom stereocenters. The van der Waals surface area contributed by atoms with Crippen molar-refractivity contribution in [3.63, 3.8) is 0 Å². The number of nitro benzene ring substituents is 1. The molecule has 0 radical (unpaired) electrons. The monoisotopic (exact) mass is 549 g/mol. The Morgan fingerprint density at radius 1 is 1.05 bits per heavy atom. The molecular weight excluding hydrogens is 539 g/mol. The Labute approximate surface area is 213 Å². The van der Waals surface area contributed by atoms with Crippen LogP contribution < -0.4 is 5.32 Å². The number of halogens is 4. The van der Waals surface area contributed by atoms with Crippen LogP contribution in [0.15, 0.2) is 48.5 Å². The number of fused-ring (bicyclic) bond motifs is 1. The van der Waals surface area contributed by atoms with Crippen molar-refractivity contribution in [1.29, 1.82) is 0 Å². The second-order valence-electron chi connectivity index (χ2n) is 7.27. The van der Waals surface area contributed by atoms with Crippen molar-refractivity contribution in [3.8, 4) is 0 Å². The standard InChI is InChI=1S/C23H11ClF3N3O6S/c24-13-6-5-10(7-15(13)30(34)35)21(32)11-3-1-2-4-12(11)22(33)36-9-17(31)28-23-29-20-16(37-23)8-14(25)18(26)19(20)27/h1-8H,9H2,(H,28,29,31). The van der Waals surface area contributed by atoms with Gasteiger partial charge in [-0.15, -0.1) is 0 Å². The molecule has 4 aromatic rings. The van der Waals surface area contributed by atoms with Crippen molar-refractivity contribution >= 4 is 61.6 Å². The highest BCUT2D eigenvalue weighted by atomic mass is 35.5. The molecule has 0 spiro atoms. The SMILES string of the molecule is O=C(COC(=O)c1ccccc1C(=O)c1ccc(Cl)c([N+](=O)[O-])c1)Nc1nc2c(F)c(F)c(F)cc2s1. The Bertz CT molecular complexity index is 1610. The Hall–Kier alpha value is -4.36. The molecule has 9 nitrogen and oxygen atoms in total. The van der Waals surface area contributed by atoms with E-state index in [2.05, 4.69) is 10.3 Å². The van der Waals surface area contributed by atoms with E-state index >= 15 is 0 Å². The molecule has 188 valence electrons. The molecular formula is C23H11ClF3N3O6S. The second kappa shape index (κ2) is 10.3. The molecule has 0 aliphatic heterocycles. The number of nitrogens with zero attached hydrogens (tertiary/aromatic N) is 2. The zero-order chi connectivity index (χ0) is 26.9. The van der Waals surface area contributed by atoms with Crippen molar-refractivity contribution in [3.05, 3.63) is 97.8 Å². The van der Waals surface area contributed by atoms with Crippen molar-refractivity contribution < 1.29 is 37.2 Å². The van der Waals surface area contributed by atoms with Gasteiger partial charge in [0.2, 0.25) is 0 Å². The largest absolute Gasteiger partial charge is 0.452 e. The average Bonchev–Trinajstić information content (AvgIpc) is 3.27. The first-order valence-corrected chi connectivity index (χ1v) is 11.2. The van der Waals surface area contributed by atoms with Gasteiger partial charge in [0.1, 0.15) is 10.5 Å². The van der Waals surface area contributed by atoms with Gasteiger partial charge in [-0.25, -0.2) is 22.9 Å². The summed E-state index contributed by atoms with van der Waals surface area (Å²) in [5.74, 6) is -7.31. The van der Waals surface area contributed by atoms with Gasteiger partial charge in [-0.05, 0) is 24.3 Å². The van der Waals surface area contributed by atoms with Crippen molar-refractivity contribution in [2.24, 2.45) is 0 Å². The minimum Gasteiger partial charge on any atom is -0.452 e. The summed E-state index contributed by atoms with van der Waals surface area (Å²) < 4.78 is 45.5. The Morgan fingerprint density at radius 3 is 2.46 bits per heavy atom. The Morgan fingerprint density at radius 2 is 1.76 bits per heavy atom. The number of amides is 1. The number of ether oxygens (including phenoxy) is 1. The predicted molar refractivity (Wildman–Crippen MR) is 126 cm³/mol. The lowest BCUT2D eigenvalue weighted by molar-refractivity contribution is -0.384. The number of thiazole rings is 1. The van der Waals surface area contributed by atoms with E-state index in [0.29, 0.717) is 11.3 Å². The van der Waals surface area contributed by atoms with Crippen LogP contribution in [0.3, 0.4) is 0 Å². The third-order valence-electron chi connectivity index (χ3n) is 4.90. The van der Waals surface area contributed by atoms with Crippen LogP contribution in [-0.4, -0.2) is 34.2 Å². The van der Waals surface area contributed by atoms with Crippen LogP contribution >= 0.6 is 22.9 Å². The summed E-state index contributed by atoms with van der Waals surface area (Å²) in [5.41, 5.74) is -1.44. The molecule has 0 saturated carbocycles. The van der Waals surface area contributed by atoms with E-state index in [9.17, 15) is 37.7 Å². The van der Waals surface area contributed by atoms with Crippen LogP contribution in [0.1, 0.15) is 26.3 Å². The number of ketones is 1. The molecule has 1 heterocycles. The van der Waals surface area contributed by atoms with Gasteiger partial charge >= 0.3 is 5.97 Å². The Kier molecular flexibility index (Phi) is 7.18. The quantitative estimate of drug-likeness (QED) is 0.109. The maximum atomic E-state index is 13.8. The highest BCUT2D eigenvalue weighted by Crippen LogP contribution is 2.30. The average molecular weight is 550 g/mol. The number of esters is 1. The molecule has 3 aromatic carbocycles. The molecule has 0 fully saturated rings. The third-order valence-corrected chi connectivity index (χ3v) is 6.14. The Balaban J connectivity index is 1.47. The number of nitrogens with one attached hydrogen (secondary N) is 1. The van der Waals surface area contributed by atoms with Gasteiger partial charge in [0.25, 0.3) is 11.6 Å². The van der Waals surface area contributed by atoms with Gasteiger partial charge in [-0.2, -0.15) is 0 Å². The van der Waals surface area contributed by atoms with Crippen molar-refractivity contribution in [2.45, 2.75) is 0 Å². The van der Waals surface area contributed by atoms with E-state index in [1.165, 1.54) is 36.4 Å². The molecule has 0 aliphatic carbocycles. The summed E-state index contributed by atoms with van der Waals surface area (Å²) >= 11 is 6.45. The highest BCUT2D eigenvalue weighted by Gasteiger charge is 2.23. The number of carbonyl (C=O) groups excluding carboxylic acids is 3. The van der Waals surface area contributed by atoms with Crippen LogP contribution in [0.25, 0.3) is 10.2 Å². The first kappa shape index (κ1) is 25.7. The lowest BCUT2D eigenvalue weighted by Crippen LogP contribution is -2.22. The molecule has 0 atom stereocenters. The number of nitro groups is 1. The van der Waals surface area contributed by atoms with E-state index in [1.54, 1.807) is 0 Å². The first-order chi connectivity index (χ1) is 17.6. The molecule has 1 aromatic heterocycles. The molecule has 37 heavy (non-hydrogen) atoms. The number of rotatable bonds is 7. The summed E-state index contributed by atoms with van der Waals surface area (Å²) in [6.07, 6.45) is 0. The summed E-state index contributed by atoms with van der Waals surface area (Å²) in [5, 5.41) is 13.0. The van der Waals surface area contributed by atoms with E-state index in [-0.39, 0.29) is 31.5 Å². The molecule has 4 rings (SSSR count). The normalized spacial score (nSPS) is 10.8. The summed E-state index contributed by atoms with van der Waals surface area (Å²) in [4.78, 5) is 51.8. The van der Waals surface area contributed by atoms with E-state index < -0.39 is 57.8 Å². The van der Waals surface area contributed by atoms with Crippen LogP contribution in [0, 0.1) is 27.6 Å². The van der Waals surface area contributed by atoms with Crippen LogP contribution in [-0.2, 0) is 9.53 Å². The maximum absolute atomic E-state index is 13.8. The number of hydrogen-bond donors (Lipinski definition) is 1. The fourth-order valence-corrected chi connectivity index (χ4v) is 4.29. The maximum Gasteiger partial charge on any atom is 0.339 e. The lowest BCUT2D eigenvalue weighted by Gasteiger charge is -2.09. The predicted octanol–water partition coefficient (Wildman–Crippen LogP) is 5.30. The second-order valence-corrected chi connectivity index (χ2v) is 8.71. The van der Waals surface area contributed by atoms with E-state index in [1.807, 2.05) is 0 Å². The molecule has 14 heteroatoms. The number of benzene rings is 3. The van der Waals surface area contributed by atoms with Gasteiger partial charge in [-0.3, -0.25) is 25.0 Å². The van der Waals surface area contributed by atoms with Gasteiger partial charge in [0, 0.05) is 17.2 Å². The number of hydrogen-bond acceptors (Lipinski definition) is 8. The summed E-state index contributed by atoms with van der Waals surface area (Å²) in [6.45, 7) is -0.838. The number of aromatic nitrogens is 1. The van der Waals surface area contributed by atoms with Gasteiger partial charge in [-0.1, -0.05) is 41.1 Å². The van der Waals surface area contributed by atoms with Crippen LogP contribution in [0.2, 0.25) is 5.02 Å². The van der Waals surface area contributed by atoms with Crippen molar-refractivity contribution in [1.82, 2.24) is 4.98 Å². The minimum absolute atomic E-state index is 0.0569. The molecule has 0 saturated heterocycles. The van der Waals surface area contributed by atoms with E-state index in [0.717, 1.165) is 12.1 Å². The van der Waals surface area contributed by atoms with E-state index in [4.69, 9.17) is 16.3 Å². The van der Waals surface area contributed by atoms with Gasteiger partial charge in [0.05, 0.1) is 15.2 Å². The topological polar surface area (TPSA) is 128 Å². The van der Waals surface area contributed by atoms with Crippen LogP contribution in [0.4, 0.5) is 24.0 Å². The smallest absolute Gasteiger partial charge is 0.339 e. The van der Waals surface area contributed by atoms with Gasteiger partial charge < -0.3 is 4.74 Å². The molecule has 0 aliphatic rings. The van der Waals surface area contributed by atoms with Gasteiger partial charge in [0.15, 0.2) is 35.0 Å². The summed E-state index contributed by atoms with van der Waals surface area (Å²) in [6, 6.07) is 9.58. The zero-order valence-electron chi connectivity index (χ0n) is 18.1. The van der Waals surface area contributed by atoms with Crippen molar-refractivity contribution in [2.75, 3.05) is 11.9 Å². The minimum atomic E-state index is -1.70. The third kappa shape index (κ3) is 5.27. The highest BCUT2D eigenvalue weighted by molar-refractivity contribution is 7.22. The molecule has 0 bridgehead atoms. The molecule has 1 N–H and O–H groups in total. The fraction of sp³-hybridized carbons (Fsp3) is 0.0435. The number of anilines is 1. The first-order valence-electron chi connectivity index (χ1n) is 10.1. The lowest BCUT2D eigenvalue weighted by atomic mass is 9.98. The number of carbonyl (C=O) groups is 3. The van der Waals surface area contributed by atoms with Crippen LogP contribution in [0.5, 0.6) is 0 Å².